The van der Waals surface area contributed by atoms with Crippen molar-refractivity contribution in [3.05, 3.63) is 23.8 Å². The van der Waals surface area contributed by atoms with Crippen LogP contribution in [0.25, 0.3) is 0 Å². The third kappa shape index (κ3) is 1.31. The van der Waals surface area contributed by atoms with Gasteiger partial charge in [-0.15, -0.1) is 0 Å². The molecule has 1 atom stereocenters. The van der Waals surface area contributed by atoms with Crippen LogP contribution >= 0.6 is 0 Å². The zero-order chi connectivity index (χ0) is 10.3. The highest BCUT2D eigenvalue weighted by Crippen LogP contribution is 2.35. The topological polar surface area (TPSA) is 12.5 Å². The van der Waals surface area contributed by atoms with Gasteiger partial charge in [-0.25, -0.2) is 4.39 Å². The minimum absolute atomic E-state index is 0.0197. The van der Waals surface area contributed by atoms with Crippen molar-refractivity contribution in [2.75, 3.05) is 18.5 Å². The highest BCUT2D eigenvalue weighted by atomic mass is 19.2. The molecule has 1 aromatic rings. The van der Waals surface area contributed by atoms with Crippen molar-refractivity contribution in [2.24, 2.45) is 0 Å². The van der Waals surface area contributed by atoms with Gasteiger partial charge in [0.2, 0.25) is 5.82 Å². The number of anilines is 1. The quantitative estimate of drug-likeness (QED) is 0.635. The molecular formula is C10H11F2NO. The Morgan fingerprint density at radius 1 is 1.43 bits per heavy atom. The standard InChI is InChI=1S/C10H11F2NO/c1-6-5-13(2)8-4-3-7(11)9(12)10(8)14-6/h3-4,6H,5H2,1-2H3. The second-order valence-electron chi connectivity index (χ2n) is 3.52. The number of fused-ring (bicyclic) bond motifs is 1. The Hall–Kier alpha value is -1.32. The Labute approximate surface area is 81.1 Å². The first-order valence-corrected chi connectivity index (χ1v) is 4.45. The van der Waals surface area contributed by atoms with Crippen molar-refractivity contribution >= 4 is 5.69 Å². The molecule has 1 aromatic carbocycles. The van der Waals surface area contributed by atoms with Crippen molar-refractivity contribution in [1.82, 2.24) is 0 Å². The summed E-state index contributed by atoms with van der Waals surface area (Å²) >= 11 is 0. The van der Waals surface area contributed by atoms with Crippen LogP contribution in [0.3, 0.4) is 0 Å². The largest absolute Gasteiger partial charge is 0.483 e. The second kappa shape index (κ2) is 3.12. The lowest BCUT2D eigenvalue weighted by Crippen LogP contribution is -2.36. The van der Waals surface area contributed by atoms with E-state index >= 15 is 0 Å². The van der Waals surface area contributed by atoms with Crippen molar-refractivity contribution in [3.8, 4) is 5.75 Å². The lowest BCUT2D eigenvalue weighted by Gasteiger charge is -2.32. The Bertz CT molecular complexity index is 367. The molecule has 1 unspecified atom stereocenters. The molecule has 0 aliphatic carbocycles. The maximum absolute atomic E-state index is 13.3. The summed E-state index contributed by atoms with van der Waals surface area (Å²) in [4.78, 5) is 1.85. The smallest absolute Gasteiger partial charge is 0.202 e. The molecule has 0 radical (unpaired) electrons. The lowest BCUT2D eigenvalue weighted by molar-refractivity contribution is 0.202. The Kier molecular flexibility index (Phi) is 2.06. The van der Waals surface area contributed by atoms with Gasteiger partial charge >= 0.3 is 0 Å². The maximum Gasteiger partial charge on any atom is 0.202 e. The highest BCUT2D eigenvalue weighted by Gasteiger charge is 2.25. The molecule has 4 heteroatoms. The van der Waals surface area contributed by atoms with E-state index in [0.29, 0.717) is 12.2 Å². The summed E-state index contributed by atoms with van der Waals surface area (Å²) in [6.45, 7) is 2.50. The summed E-state index contributed by atoms with van der Waals surface area (Å²) < 4.78 is 31.4. The van der Waals surface area contributed by atoms with Gasteiger partial charge in [0, 0.05) is 7.05 Å². The van der Waals surface area contributed by atoms with Crippen LogP contribution in [-0.4, -0.2) is 19.7 Å². The average Bonchev–Trinajstić information content (AvgIpc) is 2.12. The normalized spacial score (nSPS) is 20.3. The number of ether oxygens (including phenoxy) is 1. The van der Waals surface area contributed by atoms with E-state index in [1.165, 1.54) is 6.07 Å². The van der Waals surface area contributed by atoms with Gasteiger partial charge in [0.25, 0.3) is 0 Å². The van der Waals surface area contributed by atoms with E-state index in [1.807, 2.05) is 18.9 Å². The van der Waals surface area contributed by atoms with E-state index < -0.39 is 11.6 Å². The third-order valence-corrected chi connectivity index (χ3v) is 2.29. The molecule has 0 aromatic heterocycles. The fourth-order valence-electron chi connectivity index (χ4n) is 1.66. The van der Waals surface area contributed by atoms with E-state index in [4.69, 9.17) is 4.74 Å². The average molecular weight is 199 g/mol. The highest BCUT2D eigenvalue weighted by molar-refractivity contribution is 5.60. The molecule has 1 heterocycles. The lowest BCUT2D eigenvalue weighted by atomic mass is 10.2. The number of hydrogen-bond acceptors (Lipinski definition) is 2. The molecule has 0 bridgehead atoms. The SMILES string of the molecule is CC1CN(C)c2ccc(F)c(F)c2O1. The number of hydrogen-bond donors (Lipinski definition) is 0. The monoisotopic (exact) mass is 199 g/mol. The molecule has 14 heavy (non-hydrogen) atoms. The summed E-state index contributed by atoms with van der Waals surface area (Å²) in [6.07, 6.45) is -0.121. The number of benzene rings is 1. The molecule has 1 aliphatic rings. The van der Waals surface area contributed by atoms with Crippen molar-refractivity contribution in [2.45, 2.75) is 13.0 Å². The molecule has 2 nitrogen and oxygen atoms in total. The Morgan fingerprint density at radius 3 is 2.86 bits per heavy atom. The van der Waals surface area contributed by atoms with Gasteiger partial charge < -0.3 is 9.64 Å². The number of nitrogens with zero attached hydrogens (tertiary/aromatic N) is 1. The van der Waals surface area contributed by atoms with Gasteiger partial charge in [-0.3, -0.25) is 0 Å². The minimum atomic E-state index is -0.902. The summed E-state index contributed by atoms with van der Waals surface area (Å²) in [7, 11) is 1.83. The zero-order valence-electron chi connectivity index (χ0n) is 8.05. The van der Waals surface area contributed by atoms with Crippen LogP contribution in [-0.2, 0) is 0 Å². The van der Waals surface area contributed by atoms with Gasteiger partial charge in [-0.2, -0.15) is 4.39 Å². The summed E-state index contributed by atoms with van der Waals surface area (Å²) in [6, 6.07) is 2.64. The van der Waals surface area contributed by atoms with Crippen LogP contribution in [0, 0.1) is 11.6 Å². The van der Waals surface area contributed by atoms with Crippen LogP contribution in [0.1, 0.15) is 6.92 Å². The molecule has 0 saturated carbocycles. The zero-order valence-corrected chi connectivity index (χ0v) is 8.05. The second-order valence-corrected chi connectivity index (χ2v) is 3.52. The molecule has 0 amide bonds. The molecule has 2 rings (SSSR count). The molecule has 0 N–H and O–H groups in total. The molecule has 76 valence electrons. The number of rotatable bonds is 0. The Balaban J connectivity index is 2.54. The van der Waals surface area contributed by atoms with Gasteiger partial charge in [0.05, 0.1) is 12.2 Å². The van der Waals surface area contributed by atoms with Gasteiger partial charge in [-0.1, -0.05) is 0 Å². The van der Waals surface area contributed by atoms with Crippen molar-refractivity contribution < 1.29 is 13.5 Å². The van der Waals surface area contributed by atoms with Gasteiger partial charge in [0.15, 0.2) is 11.6 Å². The first-order valence-electron chi connectivity index (χ1n) is 4.45. The van der Waals surface area contributed by atoms with Crippen molar-refractivity contribution in [1.29, 1.82) is 0 Å². The maximum atomic E-state index is 13.3. The van der Waals surface area contributed by atoms with Crippen molar-refractivity contribution in [3.63, 3.8) is 0 Å². The Morgan fingerprint density at radius 2 is 2.14 bits per heavy atom. The first-order chi connectivity index (χ1) is 6.59. The fraction of sp³-hybridized carbons (Fsp3) is 0.400. The molecule has 0 fully saturated rings. The van der Waals surface area contributed by atoms with E-state index in [-0.39, 0.29) is 11.9 Å². The van der Waals surface area contributed by atoms with E-state index in [1.54, 1.807) is 0 Å². The van der Waals surface area contributed by atoms with Crippen LogP contribution < -0.4 is 9.64 Å². The summed E-state index contributed by atoms with van der Waals surface area (Å²) in [5.74, 6) is -1.75. The molecule has 0 saturated heterocycles. The molecule has 1 aliphatic heterocycles. The van der Waals surface area contributed by atoms with Gasteiger partial charge in [0.1, 0.15) is 6.10 Å². The number of halogens is 2. The van der Waals surface area contributed by atoms with Crippen LogP contribution in [0.2, 0.25) is 0 Å². The third-order valence-electron chi connectivity index (χ3n) is 2.29. The first kappa shape index (κ1) is 9.24. The minimum Gasteiger partial charge on any atom is -0.483 e. The summed E-state index contributed by atoms with van der Waals surface area (Å²) in [5, 5.41) is 0. The number of likely N-dealkylation sites (N-methyl/N-ethyl adjacent to an activating group) is 1. The predicted molar refractivity (Wildman–Crippen MR) is 49.7 cm³/mol. The summed E-state index contributed by atoms with van der Waals surface area (Å²) in [5.41, 5.74) is 0.599. The molecule has 0 spiro atoms. The van der Waals surface area contributed by atoms with E-state index in [2.05, 4.69) is 0 Å². The van der Waals surface area contributed by atoms with E-state index in [9.17, 15) is 8.78 Å². The predicted octanol–water partition coefficient (Wildman–Crippen LogP) is 2.18. The van der Waals surface area contributed by atoms with E-state index in [0.717, 1.165) is 6.07 Å². The van der Waals surface area contributed by atoms with Crippen LogP contribution in [0.15, 0.2) is 12.1 Å². The fourth-order valence-corrected chi connectivity index (χ4v) is 1.66. The van der Waals surface area contributed by atoms with Crippen LogP contribution in [0.5, 0.6) is 5.75 Å². The van der Waals surface area contributed by atoms with Gasteiger partial charge in [-0.05, 0) is 19.1 Å². The molecular weight excluding hydrogens is 188 g/mol. The van der Waals surface area contributed by atoms with Crippen LogP contribution in [0.4, 0.5) is 14.5 Å².